The van der Waals surface area contributed by atoms with Crippen LogP contribution in [0.15, 0.2) is 34.7 Å². The quantitative estimate of drug-likeness (QED) is 0.884. The van der Waals surface area contributed by atoms with Crippen LogP contribution in [0.1, 0.15) is 31.1 Å². The summed E-state index contributed by atoms with van der Waals surface area (Å²) in [5, 5.41) is 3.38. The average molecular weight is 263 g/mol. The summed E-state index contributed by atoms with van der Waals surface area (Å²) in [5.41, 5.74) is 0.295. The standard InChI is InChI=1S/C15H15F2NO/c16-10-4-5-11(12(17)9-10)14-6-7-15(19-14)13-3-1-2-8-18-13/h4-7,9,13,18H,1-3,8H2/t13-/m1/s1. The van der Waals surface area contributed by atoms with Gasteiger partial charge in [-0.05, 0) is 43.7 Å². The van der Waals surface area contributed by atoms with Crippen molar-refractivity contribution < 1.29 is 13.2 Å². The van der Waals surface area contributed by atoms with Crippen molar-refractivity contribution in [1.29, 1.82) is 0 Å². The molecule has 0 saturated carbocycles. The molecule has 0 radical (unpaired) electrons. The van der Waals surface area contributed by atoms with Crippen molar-refractivity contribution in [2.24, 2.45) is 0 Å². The molecule has 4 heteroatoms. The smallest absolute Gasteiger partial charge is 0.137 e. The normalized spacial score (nSPS) is 19.6. The Balaban J connectivity index is 1.87. The van der Waals surface area contributed by atoms with E-state index in [-0.39, 0.29) is 6.04 Å². The minimum absolute atomic E-state index is 0.200. The van der Waals surface area contributed by atoms with E-state index in [4.69, 9.17) is 4.42 Å². The third kappa shape index (κ3) is 2.54. The van der Waals surface area contributed by atoms with Gasteiger partial charge in [-0.3, -0.25) is 0 Å². The molecule has 1 N–H and O–H groups in total. The molecular formula is C15H15F2NO. The highest BCUT2D eigenvalue weighted by Gasteiger charge is 2.19. The highest BCUT2D eigenvalue weighted by atomic mass is 19.1. The molecule has 1 aliphatic rings. The second-order valence-corrected chi connectivity index (χ2v) is 4.83. The maximum absolute atomic E-state index is 13.7. The first kappa shape index (κ1) is 12.4. The van der Waals surface area contributed by atoms with Gasteiger partial charge in [0.2, 0.25) is 0 Å². The summed E-state index contributed by atoms with van der Waals surface area (Å²) in [6.07, 6.45) is 3.37. The van der Waals surface area contributed by atoms with Crippen LogP contribution in [0.3, 0.4) is 0 Å². The van der Waals surface area contributed by atoms with Gasteiger partial charge in [0.1, 0.15) is 23.2 Å². The minimum atomic E-state index is -0.600. The molecule has 19 heavy (non-hydrogen) atoms. The van der Waals surface area contributed by atoms with Crippen LogP contribution in [-0.2, 0) is 0 Å². The molecule has 2 heterocycles. The molecule has 1 aromatic carbocycles. The first-order chi connectivity index (χ1) is 9.24. The second kappa shape index (κ2) is 5.13. The van der Waals surface area contributed by atoms with Crippen molar-refractivity contribution in [3.05, 3.63) is 47.7 Å². The lowest BCUT2D eigenvalue weighted by Gasteiger charge is -2.21. The summed E-state index contributed by atoms with van der Waals surface area (Å²) in [5.74, 6) is 0.0813. The van der Waals surface area contributed by atoms with Gasteiger partial charge >= 0.3 is 0 Å². The summed E-state index contributed by atoms with van der Waals surface area (Å²) in [6, 6.07) is 7.31. The predicted octanol–water partition coefficient (Wildman–Crippen LogP) is 4.04. The SMILES string of the molecule is Fc1ccc(-c2ccc([C@H]3CCCCN3)o2)c(F)c1. The molecule has 1 aliphatic heterocycles. The molecule has 1 aromatic heterocycles. The highest BCUT2D eigenvalue weighted by molar-refractivity contribution is 5.58. The number of halogens is 2. The Morgan fingerprint density at radius 3 is 2.74 bits per heavy atom. The molecule has 1 fully saturated rings. The van der Waals surface area contributed by atoms with Gasteiger partial charge in [-0.1, -0.05) is 6.42 Å². The van der Waals surface area contributed by atoms with Gasteiger partial charge in [0.05, 0.1) is 11.6 Å². The number of hydrogen-bond donors (Lipinski definition) is 1. The van der Waals surface area contributed by atoms with Crippen LogP contribution >= 0.6 is 0 Å². The van der Waals surface area contributed by atoms with Gasteiger partial charge in [-0.2, -0.15) is 0 Å². The molecule has 0 bridgehead atoms. The van der Waals surface area contributed by atoms with E-state index in [1.165, 1.54) is 25.0 Å². The molecule has 0 amide bonds. The number of furan rings is 1. The molecule has 2 nitrogen and oxygen atoms in total. The maximum atomic E-state index is 13.7. The van der Waals surface area contributed by atoms with E-state index in [1.807, 2.05) is 6.07 Å². The fraction of sp³-hybridized carbons (Fsp3) is 0.333. The molecule has 1 saturated heterocycles. The first-order valence-corrected chi connectivity index (χ1v) is 6.52. The Kier molecular flexibility index (Phi) is 3.34. The summed E-state index contributed by atoms with van der Waals surface area (Å²) in [6.45, 7) is 0.978. The van der Waals surface area contributed by atoms with E-state index in [0.29, 0.717) is 11.3 Å². The van der Waals surface area contributed by atoms with Crippen LogP contribution in [0.25, 0.3) is 11.3 Å². The number of piperidine rings is 1. The molecule has 2 aromatic rings. The monoisotopic (exact) mass is 263 g/mol. The zero-order valence-electron chi connectivity index (χ0n) is 10.5. The van der Waals surface area contributed by atoms with Gasteiger partial charge in [0.15, 0.2) is 0 Å². The molecule has 1 atom stereocenters. The average Bonchev–Trinajstić information content (AvgIpc) is 2.89. The Labute approximate surface area is 110 Å². The number of benzene rings is 1. The van der Waals surface area contributed by atoms with Gasteiger partial charge in [0.25, 0.3) is 0 Å². The second-order valence-electron chi connectivity index (χ2n) is 4.83. The Morgan fingerprint density at radius 1 is 1.11 bits per heavy atom. The van der Waals surface area contributed by atoms with Crippen LogP contribution in [-0.4, -0.2) is 6.54 Å². The summed E-state index contributed by atoms with van der Waals surface area (Å²) < 4.78 is 32.3. The van der Waals surface area contributed by atoms with Crippen molar-refractivity contribution in [3.8, 4) is 11.3 Å². The first-order valence-electron chi connectivity index (χ1n) is 6.52. The van der Waals surface area contributed by atoms with Gasteiger partial charge in [-0.15, -0.1) is 0 Å². The lowest BCUT2D eigenvalue weighted by atomic mass is 10.0. The highest BCUT2D eigenvalue weighted by Crippen LogP contribution is 2.30. The lowest BCUT2D eigenvalue weighted by Crippen LogP contribution is -2.26. The third-order valence-corrected chi connectivity index (χ3v) is 3.48. The molecular weight excluding hydrogens is 248 g/mol. The van der Waals surface area contributed by atoms with Crippen molar-refractivity contribution in [2.75, 3.05) is 6.54 Å². The van der Waals surface area contributed by atoms with Crippen LogP contribution in [0.4, 0.5) is 8.78 Å². The van der Waals surface area contributed by atoms with Crippen LogP contribution in [0, 0.1) is 11.6 Å². The lowest BCUT2D eigenvalue weighted by molar-refractivity contribution is 0.352. The van der Waals surface area contributed by atoms with E-state index in [0.717, 1.165) is 24.8 Å². The number of rotatable bonds is 2. The topological polar surface area (TPSA) is 25.2 Å². The van der Waals surface area contributed by atoms with Crippen LogP contribution in [0.5, 0.6) is 0 Å². The largest absolute Gasteiger partial charge is 0.459 e. The van der Waals surface area contributed by atoms with Crippen LogP contribution < -0.4 is 5.32 Å². The third-order valence-electron chi connectivity index (χ3n) is 3.48. The zero-order chi connectivity index (χ0) is 13.2. The van der Waals surface area contributed by atoms with E-state index in [1.54, 1.807) is 6.07 Å². The van der Waals surface area contributed by atoms with E-state index >= 15 is 0 Å². The van der Waals surface area contributed by atoms with Crippen molar-refractivity contribution >= 4 is 0 Å². The zero-order valence-corrected chi connectivity index (χ0v) is 10.5. The van der Waals surface area contributed by atoms with E-state index in [2.05, 4.69) is 5.32 Å². The Hall–Kier alpha value is -1.68. The van der Waals surface area contributed by atoms with Crippen molar-refractivity contribution in [2.45, 2.75) is 25.3 Å². The van der Waals surface area contributed by atoms with Crippen molar-refractivity contribution in [3.63, 3.8) is 0 Å². The van der Waals surface area contributed by atoms with Crippen molar-refractivity contribution in [1.82, 2.24) is 5.32 Å². The Bertz CT molecular complexity index is 573. The molecule has 0 spiro atoms. The van der Waals surface area contributed by atoms with Gasteiger partial charge < -0.3 is 9.73 Å². The van der Waals surface area contributed by atoms with E-state index in [9.17, 15) is 8.78 Å². The number of nitrogens with one attached hydrogen (secondary N) is 1. The summed E-state index contributed by atoms with van der Waals surface area (Å²) >= 11 is 0. The van der Waals surface area contributed by atoms with Crippen LogP contribution in [0.2, 0.25) is 0 Å². The summed E-state index contributed by atoms with van der Waals surface area (Å²) in [7, 11) is 0. The molecule has 0 aliphatic carbocycles. The molecule has 0 unspecified atom stereocenters. The minimum Gasteiger partial charge on any atom is -0.459 e. The van der Waals surface area contributed by atoms with Gasteiger partial charge in [0, 0.05) is 6.07 Å². The fourth-order valence-electron chi connectivity index (χ4n) is 2.47. The van der Waals surface area contributed by atoms with E-state index < -0.39 is 11.6 Å². The maximum Gasteiger partial charge on any atom is 0.137 e. The molecule has 3 rings (SSSR count). The van der Waals surface area contributed by atoms with Gasteiger partial charge in [-0.25, -0.2) is 8.78 Å². The molecule has 100 valence electrons. The summed E-state index contributed by atoms with van der Waals surface area (Å²) in [4.78, 5) is 0. The fourth-order valence-corrected chi connectivity index (χ4v) is 2.47. The number of hydrogen-bond acceptors (Lipinski definition) is 2. The Morgan fingerprint density at radius 2 is 2.00 bits per heavy atom. The predicted molar refractivity (Wildman–Crippen MR) is 68.7 cm³/mol.